The van der Waals surface area contributed by atoms with Crippen molar-refractivity contribution < 1.29 is 9.53 Å². The largest absolute Gasteiger partial charge is 0.497 e. The first-order valence-corrected chi connectivity index (χ1v) is 7.63. The number of carbonyl (C=O) groups is 1. The molecule has 1 aromatic heterocycles. The summed E-state index contributed by atoms with van der Waals surface area (Å²) < 4.78 is 13.3. The van der Waals surface area contributed by atoms with Crippen molar-refractivity contribution in [3.63, 3.8) is 0 Å². The predicted octanol–water partition coefficient (Wildman–Crippen LogP) is 2.48. The zero-order valence-electron chi connectivity index (χ0n) is 12.4. The van der Waals surface area contributed by atoms with Crippen LogP contribution in [0.25, 0.3) is 11.0 Å². The number of nitrogens with one attached hydrogen (secondary N) is 1. The van der Waals surface area contributed by atoms with E-state index < -0.39 is 0 Å². The van der Waals surface area contributed by atoms with E-state index >= 15 is 0 Å². The number of fused-ring (bicyclic) bond motifs is 1. The Labute approximate surface area is 137 Å². The molecule has 0 saturated heterocycles. The molecule has 0 saturated carbocycles. The second-order valence-electron chi connectivity index (χ2n) is 4.68. The summed E-state index contributed by atoms with van der Waals surface area (Å²) >= 11 is 1.13. The molecule has 1 N–H and O–H groups in total. The highest BCUT2D eigenvalue weighted by molar-refractivity contribution is 7.00. The van der Waals surface area contributed by atoms with Gasteiger partial charge in [-0.15, -0.1) is 0 Å². The van der Waals surface area contributed by atoms with Gasteiger partial charge in [0.1, 0.15) is 16.8 Å². The topological polar surface area (TPSA) is 64.1 Å². The minimum atomic E-state index is -0.177. The number of aromatic nitrogens is 2. The Balaban J connectivity index is 1.59. The minimum absolute atomic E-state index is 0.177. The molecule has 2 aromatic carbocycles. The number of benzene rings is 2. The number of nitrogens with zero attached hydrogens (tertiary/aromatic N) is 2. The zero-order valence-corrected chi connectivity index (χ0v) is 13.2. The lowest BCUT2D eigenvalue weighted by atomic mass is 10.2. The third kappa shape index (κ3) is 3.65. The van der Waals surface area contributed by atoms with E-state index in [0.29, 0.717) is 5.56 Å². The van der Waals surface area contributed by atoms with Crippen molar-refractivity contribution in [2.75, 3.05) is 13.7 Å². The summed E-state index contributed by atoms with van der Waals surface area (Å²) in [4.78, 5) is 12.1. The Bertz CT molecular complexity index is 891. The van der Waals surface area contributed by atoms with E-state index in [1.807, 2.05) is 24.3 Å². The molecule has 5 nitrogen and oxygen atoms in total. The van der Waals surface area contributed by atoms with E-state index in [9.17, 15) is 4.79 Å². The summed E-state index contributed by atoms with van der Waals surface area (Å²) in [5, 5.41) is 2.77. The van der Waals surface area contributed by atoms with E-state index in [2.05, 4.69) is 25.9 Å². The molecule has 0 aliphatic heterocycles. The molecular formula is C17H13N3O2S. The first-order valence-electron chi connectivity index (χ1n) is 6.90. The van der Waals surface area contributed by atoms with Crippen LogP contribution in [0.2, 0.25) is 0 Å². The Morgan fingerprint density at radius 2 is 1.96 bits per heavy atom. The number of rotatable bonds is 3. The Morgan fingerprint density at radius 1 is 1.17 bits per heavy atom. The van der Waals surface area contributed by atoms with Crippen molar-refractivity contribution in [2.24, 2.45) is 0 Å². The van der Waals surface area contributed by atoms with Crippen LogP contribution in [0.4, 0.5) is 0 Å². The monoisotopic (exact) mass is 323 g/mol. The van der Waals surface area contributed by atoms with E-state index in [1.54, 1.807) is 25.3 Å². The summed E-state index contributed by atoms with van der Waals surface area (Å²) in [5.41, 5.74) is 2.95. The maximum absolute atomic E-state index is 12.1. The number of methoxy groups -OCH3 is 1. The molecule has 0 bridgehead atoms. The SMILES string of the molecule is COc1ccc(C#CCNC(=O)c2ccc3nsnc3c2)cc1. The van der Waals surface area contributed by atoms with Gasteiger partial charge in [0.05, 0.1) is 25.4 Å². The number of amides is 1. The number of hydrogen-bond donors (Lipinski definition) is 1. The lowest BCUT2D eigenvalue weighted by Crippen LogP contribution is -2.23. The van der Waals surface area contributed by atoms with E-state index in [1.165, 1.54) is 0 Å². The summed E-state index contributed by atoms with van der Waals surface area (Å²) in [6.07, 6.45) is 0. The predicted molar refractivity (Wildman–Crippen MR) is 89.6 cm³/mol. The molecule has 1 heterocycles. The maximum Gasteiger partial charge on any atom is 0.252 e. The highest BCUT2D eigenvalue weighted by atomic mass is 32.1. The van der Waals surface area contributed by atoms with Crippen LogP contribution in [0.5, 0.6) is 5.75 Å². The highest BCUT2D eigenvalue weighted by Gasteiger charge is 2.06. The second-order valence-corrected chi connectivity index (χ2v) is 5.21. The van der Waals surface area contributed by atoms with Gasteiger partial charge in [0, 0.05) is 11.1 Å². The van der Waals surface area contributed by atoms with E-state index in [0.717, 1.165) is 34.1 Å². The van der Waals surface area contributed by atoms with Gasteiger partial charge in [-0.25, -0.2) is 0 Å². The zero-order chi connectivity index (χ0) is 16.1. The Hall–Kier alpha value is -2.91. The van der Waals surface area contributed by atoms with Gasteiger partial charge in [-0.05, 0) is 42.5 Å². The van der Waals surface area contributed by atoms with E-state index in [4.69, 9.17) is 4.74 Å². The number of hydrogen-bond acceptors (Lipinski definition) is 5. The van der Waals surface area contributed by atoms with Crippen LogP contribution in [0.1, 0.15) is 15.9 Å². The molecule has 114 valence electrons. The molecule has 0 radical (unpaired) electrons. The third-order valence-corrected chi connectivity index (χ3v) is 3.73. The van der Waals surface area contributed by atoms with Crippen molar-refractivity contribution in [3.8, 4) is 17.6 Å². The van der Waals surface area contributed by atoms with Gasteiger partial charge < -0.3 is 10.1 Å². The number of carbonyl (C=O) groups excluding carboxylic acids is 1. The van der Waals surface area contributed by atoms with Crippen molar-refractivity contribution >= 4 is 28.7 Å². The quantitative estimate of drug-likeness (QED) is 0.752. The van der Waals surface area contributed by atoms with Crippen LogP contribution in [-0.4, -0.2) is 28.3 Å². The third-order valence-electron chi connectivity index (χ3n) is 3.18. The standard InChI is InChI=1S/C17H13N3O2S/c1-22-14-7-4-12(5-8-14)3-2-10-18-17(21)13-6-9-15-16(11-13)20-23-19-15/h4-9,11H,10H2,1H3,(H,18,21). The lowest BCUT2D eigenvalue weighted by Gasteiger charge is -2.01. The molecule has 6 heteroatoms. The van der Waals surface area contributed by atoms with Crippen molar-refractivity contribution in [2.45, 2.75) is 0 Å². The molecule has 3 rings (SSSR count). The maximum atomic E-state index is 12.1. The van der Waals surface area contributed by atoms with Gasteiger partial charge in [0.2, 0.25) is 0 Å². The summed E-state index contributed by atoms with van der Waals surface area (Å²) in [7, 11) is 1.62. The highest BCUT2D eigenvalue weighted by Crippen LogP contribution is 2.13. The van der Waals surface area contributed by atoms with Crippen LogP contribution in [0.15, 0.2) is 42.5 Å². The first-order chi connectivity index (χ1) is 11.3. The Kier molecular flexibility index (Phi) is 4.50. The molecule has 23 heavy (non-hydrogen) atoms. The average Bonchev–Trinajstić information content (AvgIpc) is 3.06. The van der Waals surface area contributed by atoms with Crippen molar-refractivity contribution in [1.29, 1.82) is 0 Å². The van der Waals surface area contributed by atoms with Crippen LogP contribution in [0.3, 0.4) is 0 Å². The van der Waals surface area contributed by atoms with Crippen molar-refractivity contribution in [1.82, 2.24) is 14.1 Å². The average molecular weight is 323 g/mol. The fourth-order valence-corrected chi connectivity index (χ4v) is 2.49. The van der Waals surface area contributed by atoms with Gasteiger partial charge in [-0.3, -0.25) is 4.79 Å². The minimum Gasteiger partial charge on any atom is -0.497 e. The smallest absolute Gasteiger partial charge is 0.252 e. The van der Waals surface area contributed by atoms with Gasteiger partial charge in [-0.1, -0.05) is 11.8 Å². The molecule has 3 aromatic rings. The van der Waals surface area contributed by atoms with Crippen LogP contribution < -0.4 is 10.1 Å². The summed E-state index contributed by atoms with van der Waals surface area (Å²) in [6.45, 7) is 0.276. The van der Waals surface area contributed by atoms with Crippen LogP contribution >= 0.6 is 11.7 Å². The Morgan fingerprint density at radius 3 is 2.74 bits per heavy atom. The van der Waals surface area contributed by atoms with Gasteiger partial charge in [-0.2, -0.15) is 8.75 Å². The fraction of sp³-hybridized carbons (Fsp3) is 0.118. The molecular weight excluding hydrogens is 310 g/mol. The first kappa shape index (κ1) is 15.0. The molecule has 0 spiro atoms. The summed E-state index contributed by atoms with van der Waals surface area (Å²) in [6, 6.07) is 12.7. The van der Waals surface area contributed by atoms with Gasteiger partial charge in [0.15, 0.2) is 0 Å². The molecule has 1 amide bonds. The van der Waals surface area contributed by atoms with Crippen molar-refractivity contribution in [3.05, 3.63) is 53.6 Å². The molecule has 0 aliphatic rings. The molecule has 0 atom stereocenters. The summed E-state index contributed by atoms with van der Waals surface area (Å²) in [5.74, 6) is 6.52. The lowest BCUT2D eigenvalue weighted by molar-refractivity contribution is 0.0959. The normalized spacial score (nSPS) is 9.96. The molecule has 0 aliphatic carbocycles. The van der Waals surface area contributed by atoms with Gasteiger partial charge >= 0.3 is 0 Å². The number of ether oxygens (including phenoxy) is 1. The van der Waals surface area contributed by atoms with Crippen LogP contribution in [-0.2, 0) is 0 Å². The molecule has 0 fully saturated rings. The fourth-order valence-electron chi connectivity index (χ4n) is 1.97. The van der Waals surface area contributed by atoms with E-state index in [-0.39, 0.29) is 12.5 Å². The van der Waals surface area contributed by atoms with Crippen LogP contribution in [0, 0.1) is 11.8 Å². The molecule has 0 unspecified atom stereocenters. The second kappa shape index (κ2) is 6.90. The van der Waals surface area contributed by atoms with Gasteiger partial charge in [0.25, 0.3) is 5.91 Å².